The van der Waals surface area contributed by atoms with Crippen molar-refractivity contribution in [2.75, 3.05) is 14.2 Å². The van der Waals surface area contributed by atoms with Crippen LogP contribution in [0.25, 0.3) is 0 Å². The summed E-state index contributed by atoms with van der Waals surface area (Å²) in [6.07, 6.45) is 0. The molecule has 1 aromatic carbocycles. The first-order valence-electron chi connectivity index (χ1n) is 4.46. The standard InChI is InChI=1S/C10H14N2O3/c1-14-9-6-4-3-5-8(9)7-11-10(13)12-15-2/h3-6H,7H2,1-2H3,(H2,11,12,13). The predicted molar refractivity (Wildman–Crippen MR) is 55.4 cm³/mol. The van der Waals surface area contributed by atoms with Crippen molar-refractivity contribution in [3.63, 3.8) is 0 Å². The Kier molecular flexibility index (Phi) is 4.43. The molecule has 0 aliphatic carbocycles. The normalized spacial score (nSPS) is 9.47. The summed E-state index contributed by atoms with van der Waals surface area (Å²) in [4.78, 5) is 15.5. The molecule has 5 heteroatoms. The van der Waals surface area contributed by atoms with E-state index >= 15 is 0 Å². The number of hydrogen-bond donors (Lipinski definition) is 2. The molecule has 0 fully saturated rings. The molecular weight excluding hydrogens is 196 g/mol. The summed E-state index contributed by atoms with van der Waals surface area (Å²) >= 11 is 0. The molecule has 0 heterocycles. The summed E-state index contributed by atoms with van der Waals surface area (Å²) in [5.74, 6) is 0.746. The third-order valence-corrected chi connectivity index (χ3v) is 1.83. The van der Waals surface area contributed by atoms with E-state index in [1.54, 1.807) is 7.11 Å². The lowest BCUT2D eigenvalue weighted by molar-refractivity contribution is 0.107. The number of benzene rings is 1. The van der Waals surface area contributed by atoms with Crippen molar-refractivity contribution in [2.24, 2.45) is 0 Å². The number of amides is 2. The summed E-state index contributed by atoms with van der Waals surface area (Å²) in [6, 6.07) is 7.09. The van der Waals surface area contributed by atoms with Gasteiger partial charge in [0.2, 0.25) is 0 Å². The van der Waals surface area contributed by atoms with Gasteiger partial charge in [0.1, 0.15) is 5.75 Å². The fourth-order valence-electron chi connectivity index (χ4n) is 1.15. The Morgan fingerprint density at radius 2 is 2.07 bits per heavy atom. The van der Waals surface area contributed by atoms with Gasteiger partial charge < -0.3 is 10.1 Å². The number of hydroxylamine groups is 1. The van der Waals surface area contributed by atoms with Crippen LogP contribution in [0.15, 0.2) is 24.3 Å². The highest BCUT2D eigenvalue weighted by Crippen LogP contribution is 2.16. The van der Waals surface area contributed by atoms with E-state index in [4.69, 9.17) is 4.74 Å². The van der Waals surface area contributed by atoms with Crippen LogP contribution < -0.4 is 15.5 Å². The van der Waals surface area contributed by atoms with Gasteiger partial charge in [-0.25, -0.2) is 10.3 Å². The third kappa shape index (κ3) is 3.47. The highest BCUT2D eigenvalue weighted by molar-refractivity contribution is 5.72. The Hall–Kier alpha value is -1.75. The maximum Gasteiger partial charge on any atom is 0.338 e. The summed E-state index contributed by atoms with van der Waals surface area (Å²) < 4.78 is 5.13. The maximum atomic E-state index is 11.0. The molecule has 0 atom stereocenters. The van der Waals surface area contributed by atoms with Crippen LogP contribution in [-0.4, -0.2) is 20.3 Å². The second kappa shape index (κ2) is 5.87. The van der Waals surface area contributed by atoms with Crippen LogP contribution in [0, 0.1) is 0 Å². The summed E-state index contributed by atoms with van der Waals surface area (Å²) in [7, 11) is 2.97. The lowest BCUT2D eigenvalue weighted by Crippen LogP contribution is -2.34. The van der Waals surface area contributed by atoms with Crippen molar-refractivity contribution < 1.29 is 14.4 Å². The van der Waals surface area contributed by atoms with E-state index in [-0.39, 0.29) is 6.03 Å². The molecule has 0 saturated carbocycles. The molecule has 0 saturated heterocycles. The lowest BCUT2D eigenvalue weighted by Gasteiger charge is -2.09. The van der Waals surface area contributed by atoms with Crippen molar-refractivity contribution in [1.82, 2.24) is 10.8 Å². The Labute approximate surface area is 88.3 Å². The van der Waals surface area contributed by atoms with E-state index in [0.717, 1.165) is 11.3 Å². The van der Waals surface area contributed by atoms with Gasteiger partial charge >= 0.3 is 6.03 Å². The van der Waals surface area contributed by atoms with Gasteiger partial charge in [0.25, 0.3) is 0 Å². The van der Waals surface area contributed by atoms with E-state index in [1.807, 2.05) is 24.3 Å². The monoisotopic (exact) mass is 210 g/mol. The second-order valence-corrected chi connectivity index (χ2v) is 2.80. The molecule has 0 aliphatic heterocycles. The number of carbonyl (C=O) groups is 1. The molecule has 1 rings (SSSR count). The first kappa shape index (κ1) is 11.3. The average molecular weight is 210 g/mol. The molecule has 0 bridgehead atoms. The first-order chi connectivity index (χ1) is 7.27. The molecule has 2 N–H and O–H groups in total. The fraction of sp³-hybridized carbons (Fsp3) is 0.300. The number of hydrogen-bond acceptors (Lipinski definition) is 3. The molecule has 1 aromatic rings. The van der Waals surface area contributed by atoms with Gasteiger partial charge in [0.05, 0.1) is 14.2 Å². The fourth-order valence-corrected chi connectivity index (χ4v) is 1.15. The molecule has 15 heavy (non-hydrogen) atoms. The van der Waals surface area contributed by atoms with Gasteiger partial charge in [-0.15, -0.1) is 0 Å². The number of rotatable bonds is 4. The number of urea groups is 1. The summed E-state index contributed by atoms with van der Waals surface area (Å²) in [6.45, 7) is 0.388. The lowest BCUT2D eigenvalue weighted by atomic mass is 10.2. The van der Waals surface area contributed by atoms with Crippen LogP contribution in [0.3, 0.4) is 0 Å². The number of para-hydroxylation sites is 1. The molecule has 0 unspecified atom stereocenters. The molecular formula is C10H14N2O3. The molecule has 0 spiro atoms. The van der Waals surface area contributed by atoms with Crippen molar-refractivity contribution in [1.29, 1.82) is 0 Å². The van der Waals surface area contributed by atoms with Gasteiger partial charge in [-0.3, -0.25) is 4.84 Å². The van der Waals surface area contributed by atoms with Crippen LogP contribution in [0.4, 0.5) is 4.79 Å². The van der Waals surface area contributed by atoms with Gasteiger partial charge in [0.15, 0.2) is 0 Å². The van der Waals surface area contributed by atoms with Crippen LogP contribution in [-0.2, 0) is 11.4 Å². The Morgan fingerprint density at radius 1 is 1.33 bits per heavy atom. The first-order valence-corrected chi connectivity index (χ1v) is 4.46. The largest absolute Gasteiger partial charge is 0.496 e. The zero-order chi connectivity index (χ0) is 11.1. The average Bonchev–Trinajstić information content (AvgIpc) is 2.27. The zero-order valence-electron chi connectivity index (χ0n) is 8.74. The minimum absolute atomic E-state index is 0.386. The minimum atomic E-state index is -0.386. The molecule has 2 amide bonds. The maximum absolute atomic E-state index is 11.0. The van der Waals surface area contributed by atoms with Crippen LogP contribution in [0.5, 0.6) is 5.75 Å². The summed E-state index contributed by atoms with van der Waals surface area (Å²) in [5, 5.41) is 2.62. The van der Waals surface area contributed by atoms with Crippen molar-refractivity contribution >= 4 is 6.03 Å². The molecule has 0 aromatic heterocycles. The van der Waals surface area contributed by atoms with E-state index in [9.17, 15) is 4.79 Å². The van der Waals surface area contributed by atoms with Gasteiger partial charge in [-0.2, -0.15) is 0 Å². The quantitative estimate of drug-likeness (QED) is 0.730. The Balaban J connectivity index is 2.53. The van der Waals surface area contributed by atoms with E-state index in [1.165, 1.54) is 7.11 Å². The van der Waals surface area contributed by atoms with Crippen LogP contribution >= 0.6 is 0 Å². The number of carbonyl (C=O) groups excluding carboxylic acids is 1. The van der Waals surface area contributed by atoms with Crippen LogP contribution in [0.2, 0.25) is 0 Å². The molecule has 0 radical (unpaired) electrons. The molecule has 82 valence electrons. The van der Waals surface area contributed by atoms with Crippen molar-refractivity contribution in [3.05, 3.63) is 29.8 Å². The van der Waals surface area contributed by atoms with Gasteiger partial charge in [0, 0.05) is 12.1 Å². The number of nitrogens with one attached hydrogen (secondary N) is 2. The zero-order valence-corrected chi connectivity index (χ0v) is 8.74. The molecule has 0 aliphatic rings. The van der Waals surface area contributed by atoms with E-state index in [2.05, 4.69) is 15.6 Å². The molecule has 5 nitrogen and oxygen atoms in total. The second-order valence-electron chi connectivity index (χ2n) is 2.80. The van der Waals surface area contributed by atoms with Crippen LogP contribution in [0.1, 0.15) is 5.56 Å². The number of ether oxygens (including phenoxy) is 1. The Morgan fingerprint density at radius 3 is 2.73 bits per heavy atom. The predicted octanol–water partition coefficient (Wildman–Crippen LogP) is 1.06. The summed E-state index contributed by atoms with van der Waals surface area (Å²) in [5.41, 5.74) is 3.07. The number of methoxy groups -OCH3 is 1. The third-order valence-electron chi connectivity index (χ3n) is 1.83. The minimum Gasteiger partial charge on any atom is -0.496 e. The topological polar surface area (TPSA) is 59.6 Å². The van der Waals surface area contributed by atoms with Crippen molar-refractivity contribution in [2.45, 2.75) is 6.54 Å². The van der Waals surface area contributed by atoms with Gasteiger partial charge in [-0.05, 0) is 6.07 Å². The SMILES string of the molecule is CONC(=O)NCc1ccccc1OC. The van der Waals surface area contributed by atoms with E-state index in [0.29, 0.717) is 6.54 Å². The smallest absolute Gasteiger partial charge is 0.338 e. The van der Waals surface area contributed by atoms with Crippen molar-refractivity contribution in [3.8, 4) is 5.75 Å². The van der Waals surface area contributed by atoms with Gasteiger partial charge in [-0.1, -0.05) is 18.2 Å². The highest BCUT2D eigenvalue weighted by atomic mass is 16.6. The Bertz CT molecular complexity index is 328. The van der Waals surface area contributed by atoms with E-state index < -0.39 is 0 Å². The highest BCUT2D eigenvalue weighted by Gasteiger charge is 2.03.